The first-order chi connectivity index (χ1) is 5.31. The average Bonchev–Trinajstić information content (AvgIpc) is 2.12. The first-order valence-electron chi connectivity index (χ1n) is 4.32. The van der Waals surface area contributed by atoms with Gasteiger partial charge in [0.2, 0.25) is 0 Å². The first kappa shape index (κ1) is 16.8. The zero-order valence-corrected chi connectivity index (χ0v) is 8.70. The van der Waals surface area contributed by atoms with E-state index in [0.29, 0.717) is 0 Å². The standard InChI is InChI=1S/C7H14.C2H6.CH3N/c1-4-6-7(3)5-2;2*1-2/h6H,4-5H2,1-3H3;1-2H3;2H,1H2/b7-6-;;. The molecule has 0 spiro atoms. The van der Waals surface area contributed by atoms with Crippen molar-refractivity contribution in [3.8, 4) is 0 Å². The molecule has 1 heteroatoms. The SMILES string of the molecule is C=N.CC.CC/C=C(/C)CC. The molecule has 0 aliphatic heterocycles. The van der Waals surface area contributed by atoms with Crippen molar-refractivity contribution in [2.24, 2.45) is 0 Å². The molecule has 0 aromatic rings. The van der Waals surface area contributed by atoms with E-state index in [-0.39, 0.29) is 0 Å². The Labute approximate surface area is 72.0 Å². The Morgan fingerprint density at radius 2 is 1.64 bits per heavy atom. The number of allylic oxidation sites excluding steroid dienone is 2. The average molecular weight is 157 g/mol. The third-order valence-corrected chi connectivity index (χ3v) is 1.11. The number of hydrogen-bond donors (Lipinski definition) is 1. The van der Waals surface area contributed by atoms with Gasteiger partial charge in [0.15, 0.2) is 0 Å². The van der Waals surface area contributed by atoms with Crippen LogP contribution in [0, 0.1) is 5.41 Å². The van der Waals surface area contributed by atoms with Crippen molar-refractivity contribution in [2.75, 3.05) is 0 Å². The molecule has 11 heavy (non-hydrogen) atoms. The Morgan fingerprint density at radius 3 is 1.73 bits per heavy atom. The fourth-order valence-corrected chi connectivity index (χ4v) is 0.493. The molecule has 0 atom stereocenters. The van der Waals surface area contributed by atoms with Crippen molar-refractivity contribution in [1.82, 2.24) is 0 Å². The molecule has 0 aliphatic carbocycles. The van der Waals surface area contributed by atoms with Crippen LogP contribution >= 0.6 is 0 Å². The minimum Gasteiger partial charge on any atom is -0.317 e. The highest BCUT2D eigenvalue weighted by Crippen LogP contribution is 1.97. The van der Waals surface area contributed by atoms with Crippen LogP contribution in [0.4, 0.5) is 0 Å². The van der Waals surface area contributed by atoms with Crippen LogP contribution in [0.15, 0.2) is 11.6 Å². The molecule has 0 rings (SSSR count). The van der Waals surface area contributed by atoms with Gasteiger partial charge < -0.3 is 5.41 Å². The third kappa shape index (κ3) is 26.6. The van der Waals surface area contributed by atoms with Crippen molar-refractivity contribution >= 4 is 6.72 Å². The maximum Gasteiger partial charge on any atom is -0.0187 e. The van der Waals surface area contributed by atoms with Gasteiger partial charge in [-0.3, -0.25) is 0 Å². The Morgan fingerprint density at radius 1 is 1.27 bits per heavy atom. The van der Waals surface area contributed by atoms with E-state index < -0.39 is 0 Å². The van der Waals surface area contributed by atoms with Crippen LogP contribution < -0.4 is 0 Å². The second kappa shape index (κ2) is 22.7. The summed E-state index contributed by atoms with van der Waals surface area (Å²) in [7, 11) is 0. The first-order valence-corrected chi connectivity index (χ1v) is 4.32. The minimum atomic E-state index is 1.18. The fourth-order valence-electron chi connectivity index (χ4n) is 0.493. The lowest BCUT2D eigenvalue weighted by atomic mass is 10.2. The summed E-state index contributed by atoms with van der Waals surface area (Å²) < 4.78 is 0. The molecule has 0 fully saturated rings. The summed E-state index contributed by atoms with van der Waals surface area (Å²) >= 11 is 0. The van der Waals surface area contributed by atoms with Crippen molar-refractivity contribution in [3.05, 3.63) is 11.6 Å². The van der Waals surface area contributed by atoms with Gasteiger partial charge in [0.1, 0.15) is 0 Å². The predicted octanol–water partition coefficient (Wildman–Crippen LogP) is 4.04. The molecule has 0 saturated carbocycles. The van der Waals surface area contributed by atoms with E-state index in [1.54, 1.807) is 0 Å². The summed E-state index contributed by atoms with van der Waals surface area (Å²) in [5.74, 6) is 0. The lowest BCUT2D eigenvalue weighted by molar-refractivity contribution is 1.06. The summed E-state index contributed by atoms with van der Waals surface area (Å²) in [6.45, 7) is 13.0. The van der Waals surface area contributed by atoms with Crippen LogP contribution in [-0.2, 0) is 0 Å². The number of nitrogens with one attached hydrogen (secondary N) is 1. The molecule has 0 radical (unpaired) electrons. The summed E-state index contributed by atoms with van der Waals surface area (Å²) in [6, 6.07) is 0. The van der Waals surface area contributed by atoms with Gasteiger partial charge in [-0.2, -0.15) is 0 Å². The summed E-state index contributed by atoms with van der Waals surface area (Å²) in [6.07, 6.45) is 4.65. The molecule has 1 N–H and O–H groups in total. The second-order valence-corrected chi connectivity index (χ2v) is 1.81. The molecule has 0 amide bonds. The molecule has 0 saturated heterocycles. The van der Waals surface area contributed by atoms with E-state index in [1.807, 2.05) is 13.8 Å². The molecule has 0 aromatic carbocycles. The summed E-state index contributed by atoms with van der Waals surface area (Å²) in [5.41, 5.74) is 1.50. The third-order valence-electron chi connectivity index (χ3n) is 1.11. The van der Waals surface area contributed by atoms with Crippen molar-refractivity contribution in [1.29, 1.82) is 5.41 Å². The van der Waals surface area contributed by atoms with Crippen LogP contribution in [0.1, 0.15) is 47.5 Å². The summed E-state index contributed by atoms with van der Waals surface area (Å²) in [4.78, 5) is 0. The van der Waals surface area contributed by atoms with E-state index in [9.17, 15) is 0 Å². The largest absolute Gasteiger partial charge is 0.317 e. The monoisotopic (exact) mass is 157 g/mol. The van der Waals surface area contributed by atoms with Crippen LogP contribution in [0.3, 0.4) is 0 Å². The minimum absolute atomic E-state index is 1.18. The molecule has 0 heterocycles. The quantitative estimate of drug-likeness (QED) is 0.462. The fraction of sp³-hybridized carbons (Fsp3) is 0.700. The summed E-state index contributed by atoms with van der Waals surface area (Å²) in [5, 5.41) is 5.50. The van der Waals surface area contributed by atoms with Crippen LogP contribution in [0.2, 0.25) is 0 Å². The Hall–Kier alpha value is -0.590. The molecule has 0 aromatic heterocycles. The molecule has 0 aliphatic rings. The van der Waals surface area contributed by atoms with Gasteiger partial charge >= 0.3 is 0 Å². The van der Waals surface area contributed by atoms with Crippen molar-refractivity contribution < 1.29 is 0 Å². The van der Waals surface area contributed by atoms with Gasteiger partial charge in [-0.25, -0.2) is 0 Å². The normalized spacial score (nSPS) is 8.64. The van der Waals surface area contributed by atoms with Gasteiger partial charge in [-0.05, 0) is 26.5 Å². The zero-order valence-electron chi connectivity index (χ0n) is 8.70. The molecule has 68 valence electrons. The molecule has 1 nitrogen and oxygen atoms in total. The lowest BCUT2D eigenvalue weighted by Crippen LogP contribution is -1.67. The maximum absolute atomic E-state index is 5.50. The van der Waals surface area contributed by atoms with Crippen molar-refractivity contribution in [2.45, 2.75) is 47.5 Å². The Kier molecular flexibility index (Phi) is 34.7. The van der Waals surface area contributed by atoms with E-state index in [0.717, 1.165) is 0 Å². The Balaban J connectivity index is -0.000000138. The van der Waals surface area contributed by atoms with Gasteiger partial charge in [0.25, 0.3) is 0 Å². The number of rotatable bonds is 2. The van der Waals surface area contributed by atoms with Crippen LogP contribution in [0.25, 0.3) is 0 Å². The van der Waals surface area contributed by atoms with Gasteiger partial charge in [-0.1, -0.05) is 39.3 Å². The maximum atomic E-state index is 5.50. The number of hydrogen-bond acceptors (Lipinski definition) is 1. The van der Waals surface area contributed by atoms with Gasteiger partial charge in [0, 0.05) is 0 Å². The van der Waals surface area contributed by atoms with E-state index in [1.165, 1.54) is 18.4 Å². The van der Waals surface area contributed by atoms with Crippen molar-refractivity contribution in [3.63, 3.8) is 0 Å². The highest BCUT2D eigenvalue weighted by atomic mass is 14.2. The predicted molar refractivity (Wildman–Crippen MR) is 55.5 cm³/mol. The topological polar surface area (TPSA) is 23.9 Å². The highest BCUT2D eigenvalue weighted by Gasteiger charge is 1.76. The zero-order chi connectivity index (χ0) is 9.70. The molecular weight excluding hydrogens is 134 g/mol. The van der Waals surface area contributed by atoms with E-state index >= 15 is 0 Å². The molecule has 0 unspecified atom stereocenters. The van der Waals surface area contributed by atoms with Crippen LogP contribution in [-0.4, -0.2) is 6.72 Å². The smallest absolute Gasteiger partial charge is 0.0187 e. The second-order valence-electron chi connectivity index (χ2n) is 1.81. The van der Waals surface area contributed by atoms with Gasteiger partial charge in [-0.15, -0.1) is 0 Å². The molecule has 0 bridgehead atoms. The van der Waals surface area contributed by atoms with E-state index in [2.05, 4.69) is 33.6 Å². The highest BCUT2D eigenvalue weighted by molar-refractivity contribution is 5.15. The lowest BCUT2D eigenvalue weighted by Gasteiger charge is -1.88. The van der Waals surface area contributed by atoms with E-state index in [4.69, 9.17) is 5.41 Å². The molecular formula is C10H23N. The van der Waals surface area contributed by atoms with Crippen LogP contribution in [0.5, 0.6) is 0 Å². The van der Waals surface area contributed by atoms with Gasteiger partial charge in [0.05, 0.1) is 0 Å². The Bertz CT molecular complexity index is 74.9.